The molecule has 0 saturated heterocycles. The molecule has 0 aliphatic heterocycles. The van der Waals surface area contributed by atoms with Crippen LogP contribution in [0.2, 0.25) is 0 Å². The van der Waals surface area contributed by atoms with Crippen molar-refractivity contribution in [1.29, 1.82) is 0 Å². The Balaban J connectivity index is 2.73. The lowest BCUT2D eigenvalue weighted by Crippen LogP contribution is -2.24. The molecule has 0 radical (unpaired) electrons. The first-order chi connectivity index (χ1) is 6.59. The number of hydrogen-bond acceptors (Lipinski definition) is 2. The molecular weight excluding hydrogens is 178 g/mol. The minimum absolute atomic E-state index is 0.662. The largest absolute Gasteiger partial charge is 0.350 e. The third kappa shape index (κ3) is 2.90. The summed E-state index contributed by atoms with van der Waals surface area (Å²) < 4.78 is 0. The highest BCUT2D eigenvalue weighted by Gasteiger charge is 1.93. The van der Waals surface area contributed by atoms with Crippen molar-refractivity contribution in [2.45, 2.75) is 13.8 Å². The SMILES string of the molecule is Cc1ccc(/C=N/NC(N)=O)cc1C. The maximum Gasteiger partial charge on any atom is 0.332 e. The number of nitrogens with zero attached hydrogens (tertiary/aromatic N) is 1. The van der Waals surface area contributed by atoms with Gasteiger partial charge in [0, 0.05) is 0 Å². The Bertz CT molecular complexity index is 372. The molecule has 0 aliphatic carbocycles. The summed E-state index contributed by atoms with van der Waals surface area (Å²) >= 11 is 0. The summed E-state index contributed by atoms with van der Waals surface area (Å²) in [4.78, 5) is 10.3. The van der Waals surface area contributed by atoms with Gasteiger partial charge in [0.2, 0.25) is 0 Å². The van der Waals surface area contributed by atoms with Gasteiger partial charge in [0.1, 0.15) is 0 Å². The molecule has 0 bridgehead atoms. The topological polar surface area (TPSA) is 67.5 Å². The molecule has 14 heavy (non-hydrogen) atoms. The first-order valence-corrected chi connectivity index (χ1v) is 4.25. The lowest BCUT2D eigenvalue weighted by Gasteiger charge is -2.00. The fourth-order valence-corrected chi connectivity index (χ4v) is 1.02. The maximum absolute atomic E-state index is 10.3. The van der Waals surface area contributed by atoms with Crippen LogP contribution in [0.3, 0.4) is 0 Å². The van der Waals surface area contributed by atoms with E-state index in [-0.39, 0.29) is 0 Å². The van der Waals surface area contributed by atoms with E-state index in [1.54, 1.807) is 6.21 Å². The quantitative estimate of drug-likeness (QED) is 0.537. The fourth-order valence-electron chi connectivity index (χ4n) is 1.02. The van der Waals surface area contributed by atoms with Gasteiger partial charge in [-0.3, -0.25) is 0 Å². The standard InChI is InChI=1S/C10H13N3O/c1-7-3-4-9(5-8(7)2)6-12-13-10(11)14/h3-6H,1-2H3,(H3,11,13,14)/b12-6+. The number of carbonyl (C=O) groups is 1. The Hall–Kier alpha value is -1.84. The van der Waals surface area contributed by atoms with Gasteiger partial charge in [0.25, 0.3) is 0 Å². The van der Waals surface area contributed by atoms with Crippen LogP contribution in [0.5, 0.6) is 0 Å². The molecule has 0 aliphatic rings. The molecule has 0 unspecified atom stereocenters. The molecule has 0 fully saturated rings. The van der Waals surface area contributed by atoms with Crippen molar-refractivity contribution in [1.82, 2.24) is 5.43 Å². The molecule has 3 N–H and O–H groups in total. The van der Waals surface area contributed by atoms with Crippen LogP contribution in [-0.4, -0.2) is 12.2 Å². The van der Waals surface area contributed by atoms with E-state index in [2.05, 4.69) is 10.5 Å². The van der Waals surface area contributed by atoms with Crippen molar-refractivity contribution < 1.29 is 4.79 Å². The van der Waals surface area contributed by atoms with Gasteiger partial charge in [-0.05, 0) is 30.5 Å². The van der Waals surface area contributed by atoms with Gasteiger partial charge in [-0.2, -0.15) is 5.10 Å². The van der Waals surface area contributed by atoms with Crippen molar-refractivity contribution >= 4 is 12.2 Å². The lowest BCUT2D eigenvalue weighted by molar-refractivity contribution is 0.249. The van der Waals surface area contributed by atoms with Gasteiger partial charge in [-0.15, -0.1) is 0 Å². The van der Waals surface area contributed by atoms with E-state index in [0.717, 1.165) is 5.56 Å². The Morgan fingerprint density at radius 2 is 2.14 bits per heavy atom. The number of nitrogens with two attached hydrogens (primary N) is 1. The van der Waals surface area contributed by atoms with Crippen LogP contribution in [0.1, 0.15) is 16.7 Å². The van der Waals surface area contributed by atoms with Crippen LogP contribution in [0.15, 0.2) is 23.3 Å². The van der Waals surface area contributed by atoms with Crippen LogP contribution >= 0.6 is 0 Å². The molecule has 1 rings (SSSR count). The van der Waals surface area contributed by atoms with Crippen molar-refractivity contribution in [2.75, 3.05) is 0 Å². The first-order valence-electron chi connectivity index (χ1n) is 4.25. The molecule has 0 spiro atoms. The lowest BCUT2D eigenvalue weighted by atomic mass is 10.1. The molecule has 2 amide bonds. The molecule has 4 nitrogen and oxygen atoms in total. The number of primary amides is 1. The van der Waals surface area contributed by atoms with Gasteiger partial charge in [0.05, 0.1) is 6.21 Å². The van der Waals surface area contributed by atoms with E-state index in [1.807, 2.05) is 32.0 Å². The number of rotatable bonds is 2. The van der Waals surface area contributed by atoms with Crippen molar-refractivity contribution in [3.63, 3.8) is 0 Å². The Labute approximate surface area is 82.8 Å². The zero-order valence-corrected chi connectivity index (χ0v) is 8.24. The van der Waals surface area contributed by atoms with E-state index in [0.29, 0.717) is 0 Å². The Morgan fingerprint density at radius 3 is 2.71 bits per heavy atom. The summed E-state index contributed by atoms with van der Waals surface area (Å²) in [5.74, 6) is 0. The highest BCUT2D eigenvalue weighted by Crippen LogP contribution is 2.07. The molecule has 1 aromatic carbocycles. The van der Waals surface area contributed by atoms with Gasteiger partial charge in [-0.1, -0.05) is 18.2 Å². The van der Waals surface area contributed by atoms with Crippen molar-refractivity contribution in [3.8, 4) is 0 Å². The Morgan fingerprint density at radius 1 is 1.43 bits per heavy atom. The summed E-state index contributed by atoms with van der Waals surface area (Å²) in [5.41, 5.74) is 10.3. The zero-order chi connectivity index (χ0) is 10.6. The number of benzene rings is 1. The van der Waals surface area contributed by atoms with E-state index >= 15 is 0 Å². The molecular formula is C10H13N3O. The highest BCUT2D eigenvalue weighted by atomic mass is 16.2. The average molecular weight is 191 g/mol. The van der Waals surface area contributed by atoms with E-state index in [4.69, 9.17) is 5.73 Å². The van der Waals surface area contributed by atoms with Crippen LogP contribution in [0, 0.1) is 13.8 Å². The third-order valence-electron chi connectivity index (χ3n) is 1.92. The summed E-state index contributed by atoms with van der Waals surface area (Å²) in [6.07, 6.45) is 1.55. The van der Waals surface area contributed by atoms with Gasteiger partial charge in [0.15, 0.2) is 0 Å². The third-order valence-corrected chi connectivity index (χ3v) is 1.92. The van der Waals surface area contributed by atoms with E-state index in [9.17, 15) is 4.79 Å². The van der Waals surface area contributed by atoms with Crippen LogP contribution in [-0.2, 0) is 0 Å². The smallest absolute Gasteiger partial charge is 0.332 e. The van der Waals surface area contributed by atoms with Gasteiger partial charge in [-0.25, -0.2) is 10.2 Å². The normalized spacial score (nSPS) is 10.4. The fraction of sp³-hybridized carbons (Fsp3) is 0.200. The number of amides is 2. The van der Waals surface area contributed by atoms with E-state index < -0.39 is 6.03 Å². The second kappa shape index (κ2) is 4.41. The molecule has 4 heteroatoms. The second-order valence-electron chi connectivity index (χ2n) is 3.08. The number of hydrogen-bond donors (Lipinski definition) is 2. The minimum atomic E-state index is -0.662. The average Bonchev–Trinajstić information content (AvgIpc) is 2.10. The number of carbonyl (C=O) groups excluding carboxylic acids is 1. The molecule has 1 aromatic rings. The highest BCUT2D eigenvalue weighted by molar-refractivity contribution is 5.81. The summed E-state index contributed by atoms with van der Waals surface area (Å²) in [6, 6.07) is 5.25. The summed E-state index contributed by atoms with van der Waals surface area (Å²) in [7, 11) is 0. The number of urea groups is 1. The first kappa shape index (κ1) is 10.2. The van der Waals surface area contributed by atoms with Crippen LogP contribution in [0.25, 0.3) is 0 Å². The number of hydrazone groups is 1. The van der Waals surface area contributed by atoms with E-state index in [1.165, 1.54) is 11.1 Å². The monoisotopic (exact) mass is 191 g/mol. The summed E-state index contributed by atoms with van der Waals surface area (Å²) in [6.45, 7) is 4.06. The number of nitrogens with one attached hydrogen (secondary N) is 1. The zero-order valence-electron chi connectivity index (χ0n) is 8.24. The van der Waals surface area contributed by atoms with Crippen LogP contribution < -0.4 is 11.2 Å². The van der Waals surface area contributed by atoms with Crippen molar-refractivity contribution in [3.05, 3.63) is 34.9 Å². The predicted octanol–water partition coefficient (Wildman–Crippen LogP) is 1.31. The molecule has 0 heterocycles. The second-order valence-corrected chi connectivity index (χ2v) is 3.08. The molecule has 74 valence electrons. The van der Waals surface area contributed by atoms with Crippen LogP contribution in [0.4, 0.5) is 4.79 Å². The summed E-state index contributed by atoms with van der Waals surface area (Å²) in [5, 5.41) is 3.66. The van der Waals surface area contributed by atoms with Crippen molar-refractivity contribution in [2.24, 2.45) is 10.8 Å². The number of aryl methyl sites for hydroxylation is 2. The molecule has 0 atom stereocenters. The van der Waals surface area contributed by atoms with Gasteiger partial charge < -0.3 is 5.73 Å². The maximum atomic E-state index is 10.3. The molecule has 0 aromatic heterocycles. The molecule has 0 saturated carbocycles. The minimum Gasteiger partial charge on any atom is -0.350 e. The Kier molecular flexibility index (Phi) is 3.23. The predicted molar refractivity (Wildman–Crippen MR) is 56.2 cm³/mol. The van der Waals surface area contributed by atoms with Gasteiger partial charge >= 0.3 is 6.03 Å².